The van der Waals surface area contributed by atoms with Crippen LogP contribution in [-0.4, -0.2) is 12.6 Å². The maximum absolute atomic E-state index is 11.5. The van der Waals surface area contributed by atoms with Gasteiger partial charge in [-0.15, -0.1) is 0 Å². The molecule has 1 rings (SSSR count). The van der Waals surface area contributed by atoms with Crippen LogP contribution in [0.5, 0.6) is 0 Å². The van der Waals surface area contributed by atoms with Crippen LogP contribution < -0.4 is 0 Å². The molecular formula is C11H12BrClO2. The Morgan fingerprint density at radius 2 is 2.27 bits per heavy atom. The topological polar surface area (TPSA) is 26.3 Å². The summed E-state index contributed by atoms with van der Waals surface area (Å²) in [7, 11) is 0. The molecule has 0 N–H and O–H groups in total. The van der Waals surface area contributed by atoms with E-state index < -0.39 is 0 Å². The fourth-order valence-electron chi connectivity index (χ4n) is 1.19. The lowest BCUT2D eigenvalue weighted by Crippen LogP contribution is -2.12. The third kappa shape index (κ3) is 3.21. The second-order valence-electron chi connectivity index (χ2n) is 3.15. The van der Waals surface area contributed by atoms with E-state index >= 15 is 0 Å². The summed E-state index contributed by atoms with van der Waals surface area (Å²) in [4.78, 5) is 11.5. The summed E-state index contributed by atoms with van der Waals surface area (Å²) in [6, 6.07) is 5.46. The molecule has 1 atom stereocenters. The number of hydrogen-bond acceptors (Lipinski definition) is 2. The van der Waals surface area contributed by atoms with Crippen molar-refractivity contribution in [1.82, 2.24) is 0 Å². The van der Waals surface area contributed by atoms with Crippen LogP contribution in [0.2, 0.25) is 5.02 Å². The number of hydrogen-bond donors (Lipinski definition) is 0. The lowest BCUT2D eigenvalue weighted by Gasteiger charge is -2.11. The summed E-state index contributed by atoms with van der Waals surface area (Å²) in [5.41, 5.74) is 0.863. The van der Waals surface area contributed by atoms with Crippen molar-refractivity contribution in [3.8, 4) is 0 Å². The minimum Gasteiger partial charge on any atom is -0.466 e. The molecule has 0 radical (unpaired) electrons. The first-order valence-electron chi connectivity index (χ1n) is 4.67. The summed E-state index contributed by atoms with van der Waals surface area (Å²) in [5, 5.41) is 0.601. The average Bonchev–Trinajstić information content (AvgIpc) is 2.21. The Bertz CT molecular complexity index is 366. The van der Waals surface area contributed by atoms with E-state index in [1.165, 1.54) is 0 Å². The monoisotopic (exact) mass is 290 g/mol. The van der Waals surface area contributed by atoms with Crippen LogP contribution in [0.15, 0.2) is 22.7 Å². The minimum absolute atomic E-state index is 0.226. The van der Waals surface area contributed by atoms with Crippen LogP contribution in [0.1, 0.15) is 25.3 Å². The highest BCUT2D eigenvalue weighted by molar-refractivity contribution is 9.10. The Labute approximate surface area is 103 Å². The van der Waals surface area contributed by atoms with Gasteiger partial charge in [-0.2, -0.15) is 0 Å². The van der Waals surface area contributed by atoms with E-state index in [9.17, 15) is 4.79 Å². The Morgan fingerprint density at radius 3 is 2.80 bits per heavy atom. The molecule has 0 aliphatic heterocycles. The van der Waals surface area contributed by atoms with Gasteiger partial charge in [-0.1, -0.05) is 17.7 Å². The van der Waals surface area contributed by atoms with Crippen molar-refractivity contribution in [3.63, 3.8) is 0 Å². The molecule has 0 saturated heterocycles. The fourth-order valence-corrected chi connectivity index (χ4v) is 1.62. The SMILES string of the molecule is CCOC(=O)C(C)c1ccc(Br)c(Cl)c1. The van der Waals surface area contributed by atoms with E-state index in [0.29, 0.717) is 11.6 Å². The molecule has 1 aromatic carbocycles. The predicted octanol–water partition coefficient (Wildman–Crippen LogP) is 3.77. The molecule has 0 amide bonds. The smallest absolute Gasteiger partial charge is 0.313 e. The zero-order valence-electron chi connectivity index (χ0n) is 8.59. The zero-order chi connectivity index (χ0) is 11.4. The fraction of sp³-hybridized carbons (Fsp3) is 0.364. The first-order valence-corrected chi connectivity index (χ1v) is 5.85. The molecule has 0 aromatic heterocycles. The molecular weight excluding hydrogens is 279 g/mol. The number of benzene rings is 1. The molecule has 0 bridgehead atoms. The van der Waals surface area contributed by atoms with Gasteiger partial charge >= 0.3 is 5.97 Å². The van der Waals surface area contributed by atoms with Gasteiger partial charge in [0.05, 0.1) is 17.5 Å². The second kappa shape index (κ2) is 5.52. The van der Waals surface area contributed by atoms with E-state index in [-0.39, 0.29) is 11.9 Å². The molecule has 2 nitrogen and oxygen atoms in total. The van der Waals surface area contributed by atoms with Gasteiger partial charge in [0.1, 0.15) is 0 Å². The second-order valence-corrected chi connectivity index (χ2v) is 4.41. The third-order valence-corrected chi connectivity index (χ3v) is 3.32. The summed E-state index contributed by atoms with van der Waals surface area (Å²) >= 11 is 9.24. The number of esters is 1. The normalized spacial score (nSPS) is 12.3. The van der Waals surface area contributed by atoms with Crippen molar-refractivity contribution in [2.24, 2.45) is 0 Å². The molecule has 4 heteroatoms. The first-order chi connectivity index (χ1) is 7.06. The van der Waals surface area contributed by atoms with Crippen molar-refractivity contribution in [1.29, 1.82) is 0 Å². The van der Waals surface area contributed by atoms with Crippen LogP contribution in [0.3, 0.4) is 0 Å². The molecule has 0 heterocycles. The van der Waals surface area contributed by atoms with E-state index in [1.54, 1.807) is 19.9 Å². The standard InChI is InChI=1S/C11H12BrClO2/c1-3-15-11(14)7(2)8-4-5-9(12)10(13)6-8/h4-7H,3H2,1-2H3. The Kier molecular flexibility index (Phi) is 4.61. The van der Waals surface area contributed by atoms with E-state index in [2.05, 4.69) is 15.9 Å². The summed E-state index contributed by atoms with van der Waals surface area (Å²) in [5.74, 6) is -0.508. The Hall–Kier alpha value is -0.540. The van der Waals surface area contributed by atoms with Crippen LogP contribution >= 0.6 is 27.5 Å². The molecule has 0 spiro atoms. The van der Waals surface area contributed by atoms with Crippen LogP contribution in [-0.2, 0) is 9.53 Å². The number of halogens is 2. The Balaban J connectivity index is 2.86. The first kappa shape index (κ1) is 12.5. The highest BCUT2D eigenvalue weighted by Crippen LogP contribution is 2.27. The van der Waals surface area contributed by atoms with Gasteiger partial charge in [-0.3, -0.25) is 4.79 Å². The van der Waals surface area contributed by atoms with Gasteiger partial charge in [0.15, 0.2) is 0 Å². The number of ether oxygens (including phenoxy) is 1. The van der Waals surface area contributed by atoms with Crippen molar-refractivity contribution < 1.29 is 9.53 Å². The quantitative estimate of drug-likeness (QED) is 0.793. The van der Waals surface area contributed by atoms with Crippen LogP contribution in [0.4, 0.5) is 0 Å². The van der Waals surface area contributed by atoms with E-state index in [4.69, 9.17) is 16.3 Å². The molecule has 0 saturated carbocycles. The number of carbonyl (C=O) groups is 1. The molecule has 0 aliphatic rings. The predicted molar refractivity (Wildman–Crippen MR) is 64.2 cm³/mol. The zero-order valence-corrected chi connectivity index (χ0v) is 10.9. The molecule has 0 fully saturated rings. The van der Waals surface area contributed by atoms with Gasteiger partial charge in [0.25, 0.3) is 0 Å². The maximum Gasteiger partial charge on any atom is 0.313 e. The third-order valence-electron chi connectivity index (χ3n) is 2.08. The van der Waals surface area contributed by atoms with Gasteiger partial charge in [-0.05, 0) is 47.5 Å². The molecule has 15 heavy (non-hydrogen) atoms. The molecule has 0 aliphatic carbocycles. The Morgan fingerprint density at radius 1 is 1.60 bits per heavy atom. The number of carbonyl (C=O) groups excluding carboxylic acids is 1. The van der Waals surface area contributed by atoms with Gasteiger partial charge < -0.3 is 4.74 Å². The lowest BCUT2D eigenvalue weighted by molar-refractivity contribution is -0.144. The van der Waals surface area contributed by atoms with Crippen molar-refractivity contribution in [3.05, 3.63) is 33.3 Å². The largest absolute Gasteiger partial charge is 0.466 e. The van der Waals surface area contributed by atoms with Crippen molar-refractivity contribution >= 4 is 33.5 Å². The maximum atomic E-state index is 11.5. The van der Waals surface area contributed by atoms with Gasteiger partial charge in [0.2, 0.25) is 0 Å². The molecule has 1 aromatic rings. The highest BCUT2D eigenvalue weighted by Gasteiger charge is 2.16. The van der Waals surface area contributed by atoms with Crippen LogP contribution in [0.25, 0.3) is 0 Å². The van der Waals surface area contributed by atoms with Crippen molar-refractivity contribution in [2.45, 2.75) is 19.8 Å². The van der Waals surface area contributed by atoms with Gasteiger partial charge in [0, 0.05) is 4.47 Å². The number of rotatable bonds is 3. The average molecular weight is 292 g/mol. The highest BCUT2D eigenvalue weighted by atomic mass is 79.9. The summed E-state index contributed by atoms with van der Waals surface area (Å²) in [6.45, 7) is 3.99. The molecule has 1 unspecified atom stereocenters. The molecule has 82 valence electrons. The minimum atomic E-state index is -0.282. The van der Waals surface area contributed by atoms with Crippen LogP contribution in [0, 0.1) is 0 Å². The summed E-state index contributed by atoms with van der Waals surface area (Å²) in [6.07, 6.45) is 0. The lowest BCUT2D eigenvalue weighted by atomic mass is 10.0. The summed E-state index contributed by atoms with van der Waals surface area (Å²) < 4.78 is 5.76. The van der Waals surface area contributed by atoms with E-state index in [1.807, 2.05) is 12.1 Å². The van der Waals surface area contributed by atoms with E-state index in [0.717, 1.165) is 10.0 Å². The van der Waals surface area contributed by atoms with Gasteiger partial charge in [-0.25, -0.2) is 0 Å². The van der Waals surface area contributed by atoms with Crippen molar-refractivity contribution in [2.75, 3.05) is 6.61 Å².